The van der Waals surface area contributed by atoms with Crippen LogP contribution in [-0.4, -0.2) is 48.9 Å². The SMILES string of the molecule is COc1ccc(O)c(C=N[C@H](C)C[C@@H](C)N=Cc2cc(OC)ccc2O)c1. The van der Waals surface area contributed by atoms with Crippen molar-refractivity contribution in [2.45, 2.75) is 32.4 Å². The topological polar surface area (TPSA) is 83.6 Å². The third kappa shape index (κ3) is 6.02. The predicted octanol–water partition coefficient (Wildman–Crippen LogP) is 3.82. The molecular weight excluding hydrogens is 344 g/mol. The van der Waals surface area contributed by atoms with Gasteiger partial charge in [0.25, 0.3) is 0 Å². The number of nitrogens with zero attached hydrogens (tertiary/aromatic N) is 2. The van der Waals surface area contributed by atoms with E-state index in [1.807, 2.05) is 13.8 Å². The van der Waals surface area contributed by atoms with Gasteiger partial charge in [-0.25, -0.2) is 0 Å². The molecule has 2 atom stereocenters. The number of aromatic hydroxyl groups is 2. The van der Waals surface area contributed by atoms with E-state index in [0.29, 0.717) is 22.6 Å². The smallest absolute Gasteiger partial charge is 0.124 e. The minimum atomic E-state index is 0.0154. The van der Waals surface area contributed by atoms with Crippen LogP contribution in [0.1, 0.15) is 31.4 Å². The summed E-state index contributed by atoms with van der Waals surface area (Å²) in [5, 5.41) is 19.8. The summed E-state index contributed by atoms with van der Waals surface area (Å²) < 4.78 is 10.3. The first-order chi connectivity index (χ1) is 12.9. The molecule has 0 saturated carbocycles. The lowest BCUT2D eigenvalue weighted by Crippen LogP contribution is -2.09. The number of hydrogen-bond donors (Lipinski definition) is 2. The van der Waals surface area contributed by atoms with Crippen LogP contribution in [0.25, 0.3) is 0 Å². The summed E-state index contributed by atoms with van der Waals surface area (Å²) >= 11 is 0. The van der Waals surface area contributed by atoms with E-state index in [0.717, 1.165) is 6.42 Å². The molecule has 6 heteroatoms. The minimum Gasteiger partial charge on any atom is -0.507 e. The highest BCUT2D eigenvalue weighted by molar-refractivity contribution is 5.84. The Morgan fingerprint density at radius 2 is 1.22 bits per heavy atom. The highest BCUT2D eigenvalue weighted by atomic mass is 16.5. The molecule has 0 amide bonds. The molecule has 0 aliphatic carbocycles. The van der Waals surface area contributed by atoms with Crippen molar-refractivity contribution in [2.24, 2.45) is 9.98 Å². The Hall–Kier alpha value is -3.02. The van der Waals surface area contributed by atoms with Gasteiger partial charge in [0.2, 0.25) is 0 Å². The Morgan fingerprint density at radius 1 is 0.815 bits per heavy atom. The third-order valence-electron chi connectivity index (χ3n) is 4.09. The molecule has 2 rings (SSSR count). The van der Waals surface area contributed by atoms with E-state index < -0.39 is 0 Å². The summed E-state index contributed by atoms with van der Waals surface area (Å²) in [5.74, 6) is 1.65. The minimum absolute atomic E-state index is 0.0154. The van der Waals surface area contributed by atoms with E-state index >= 15 is 0 Å². The van der Waals surface area contributed by atoms with Gasteiger partial charge in [-0.15, -0.1) is 0 Å². The second-order valence-electron chi connectivity index (χ2n) is 6.34. The predicted molar refractivity (Wildman–Crippen MR) is 108 cm³/mol. The summed E-state index contributed by atoms with van der Waals surface area (Å²) in [6, 6.07) is 10.1. The standard InChI is InChI=1S/C21H26N2O4/c1-14(22-12-16-10-18(26-3)5-7-20(16)24)9-15(2)23-13-17-11-19(27-4)6-8-21(17)25/h5-8,10-15,24-25H,9H2,1-4H3/t14-,15-/m1/s1. The Bertz CT molecular complexity index is 750. The molecule has 0 unspecified atom stereocenters. The first-order valence-electron chi connectivity index (χ1n) is 8.73. The van der Waals surface area contributed by atoms with Gasteiger partial charge in [0.05, 0.1) is 14.2 Å². The second kappa shape index (κ2) is 9.62. The van der Waals surface area contributed by atoms with Crippen LogP contribution in [-0.2, 0) is 0 Å². The zero-order chi connectivity index (χ0) is 19.8. The van der Waals surface area contributed by atoms with Crippen molar-refractivity contribution in [3.63, 3.8) is 0 Å². The fraction of sp³-hybridized carbons (Fsp3) is 0.333. The molecule has 0 fully saturated rings. The Balaban J connectivity index is 1.98. The maximum absolute atomic E-state index is 9.90. The lowest BCUT2D eigenvalue weighted by Gasteiger charge is -2.11. The molecule has 0 spiro atoms. The van der Waals surface area contributed by atoms with Crippen molar-refractivity contribution in [3.8, 4) is 23.0 Å². The van der Waals surface area contributed by atoms with Crippen molar-refractivity contribution >= 4 is 12.4 Å². The van der Waals surface area contributed by atoms with Crippen molar-refractivity contribution < 1.29 is 19.7 Å². The Kier molecular flexibility index (Phi) is 7.23. The number of benzene rings is 2. The number of ether oxygens (including phenoxy) is 2. The lowest BCUT2D eigenvalue weighted by atomic mass is 10.1. The second-order valence-corrected chi connectivity index (χ2v) is 6.34. The molecule has 2 aromatic carbocycles. The molecule has 0 radical (unpaired) electrons. The molecular formula is C21H26N2O4. The van der Waals surface area contributed by atoms with E-state index in [9.17, 15) is 10.2 Å². The van der Waals surface area contributed by atoms with Crippen LogP contribution in [0.2, 0.25) is 0 Å². The summed E-state index contributed by atoms with van der Waals surface area (Å²) in [5.41, 5.74) is 1.22. The molecule has 0 saturated heterocycles. The maximum atomic E-state index is 9.90. The Morgan fingerprint density at radius 3 is 1.59 bits per heavy atom. The van der Waals surface area contributed by atoms with Crippen molar-refractivity contribution in [3.05, 3.63) is 47.5 Å². The van der Waals surface area contributed by atoms with Gasteiger partial charge in [-0.1, -0.05) is 0 Å². The average Bonchev–Trinajstić information content (AvgIpc) is 2.66. The van der Waals surface area contributed by atoms with E-state index in [2.05, 4.69) is 9.98 Å². The number of hydrogen-bond acceptors (Lipinski definition) is 6. The van der Waals surface area contributed by atoms with Gasteiger partial charge in [0.1, 0.15) is 23.0 Å². The number of phenols is 2. The number of methoxy groups -OCH3 is 2. The first kappa shape index (κ1) is 20.3. The number of phenolic OH excluding ortho intramolecular Hbond substituents is 2. The van der Waals surface area contributed by atoms with Crippen LogP contribution < -0.4 is 9.47 Å². The Labute approximate surface area is 159 Å². The van der Waals surface area contributed by atoms with E-state index in [1.54, 1.807) is 63.0 Å². The molecule has 0 aromatic heterocycles. The van der Waals surface area contributed by atoms with Gasteiger partial charge < -0.3 is 19.7 Å². The fourth-order valence-corrected chi connectivity index (χ4v) is 2.56. The molecule has 0 heterocycles. The molecule has 0 aliphatic heterocycles. The zero-order valence-corrected chi connectivity index (χ0v) is 16.1. The molecule has 6 nitrogen and oxygen atoms in total. The van der Waals surface area contributed by atoms with Crippen LogP contribution in [0.5, 0.6) is 23.0 Å². The molecule has 27 heavy (non-hydrogen) atoms. The van der Waals surface area contributed by atoms with E-state index in [-0.39, 0.29) is 23.6 Å². The average molecular weight is 370 g/mol. The summed E-state index contributed by atoms with van der Waals surface area (Å²) in [4.78, 5) is 8.97. The van der Waals surface area contributed by atoms with Gasteiger partial charge in [-0.3, -0.25) is 9.98 Å². The number of aliphatic imine (C=N–C) groups is 2. The first-order valence-corrected chi connectivity index (χ1v) is 8.73. The zero-order valence-electron chi connectivity index (χ0n) is 16.1. The molecule has 2 N–H and O–H groups in total. The van der Waals surface area contributed by atoms with Gasteiger partial charge in [0.15, 0.2) is 0 Å². The van der Waals surface area contributed by atoms with Gasteiger partial charge in [-0.05, 0) is 56.7 Å². The monoisotopic (exact) mass is 370 g/mol. The number of rotatable bonds is 8. The summed E-state index contributed by atoms with van der Waals surface area (Å²) in [7, 11) is 3.16. The van der Waals surface area contributed by atoms with E-state index in [1.165, 1.54) is 0 Å². The van der Waals surface area contributed by atoms with Crippen molar-refractivity contribution in [2.75, 3.05) is 14.2 Å². The van der Waals surface area contributed by atoms with Crippen molar-refractivity contribution in [1.29, 1.82) is 0 Å². The van der Waals surface area contributed by atoms with Crippen molar-refractivity contribution in [1.82, 2.24) is 0 Å². The lowest BCUT2D eigenvalue weighted by molar-refractivity contribution is 0.412. The van der Waals surface area contributed by atoms with Gasteiger partial charge >= 0.3 is 0 Å². The molecule has 0 bridgehead atoms. The fourth-order valence-electron chi connectivity index (χ4n) is 2.56. The molecule has 0 aliphatic rings. The van der Waals surface area contributed by atoms with Crippen LogP contribution >= 0.6 is 0 Å². The summed E-state index contributed by atoms with van der Waals surface area (Å²) in [6.45, 7) is 3.98. The van der Waals surface area contributed by atoms with Crippen LogP contribution in [0, 0.1) is 0 Å². The van der Waals surface area contributed by atoms with Crippen LogP contribution in [0.3, 0.4) is 0 Å². The van der Waals surface area contributed by atoms with Crippen LogP contribution in [0.4, 0.5) is 0 Å². The van der Waals surface area contributed by atoms with Crippen LogP contribution in [0.15, 0.2) is 46.4 Å². The quantitative estimate of drug-likeness (QED) is 0.692. The highest BCUT2D eigenvalue weighted by Crippen LogP contribution is 2.22. The van der Waals surface area contributed by atoms with Gasteiger partial charge in [-0.2, -0.15) is 0 Å². The normalized spacial score (nSPS) is 13.8. The molecule has 144 valence electrons. The largest absolute Gasteiger partial charge is 0.507 e. The van der Waals surface area contributed by atoms with Gasteiger partial charge in [0, 0.05) is 35.6 Å². The summed E-state index contributed by atoms with van der Waals surface area (Å²) in [6.07, 6.45) is 4.02. The van der Waals surface area contributed by atoms with E-state index in [4.69, 9.17) is 9.47 Å². The molecule has 2 aromatic rings. The third-order valence-corrected chi connectivity index (χ3v) is 4.09. The maximum Gasteiger partial charge on any atom is 0.124 e. The highest BCUT2D eigenvalue weighted by Gasteiger charge is 2.07.